The van der Waals surface area contributed by atoms with Gasteiger partial charge in [0.25, 0.3) is 0 Å². The summed E-state index contributed by atoms with van der Waals surface area (Å²) in [7, 11) is -3.37. The zero-order valence-corrected chi connectivity index (χ0v) is 17.5. The van der Waals surface area contributed by atoms with E-state index in [1.165, 1.54) is 0 Å². The Morgan fingerprint density at radius 3 is 2.08 bits per heavy atom. The topological polar surface area (TPSA) is 47.6 Å². The molecule has 0 spiro atoms. The zero-order chi connectivity index (χ0) is 18.5. The number of hydrogen-bond acceptors (Lipinski definition) is 4. The molecule has 0 saturated carbocycles. The second-order valence-electron chi connectivity index (χ2n) is 6.15. The Hall–Kier alpha value is -0.380. The van der Waals surface area contributed by atoms with Crippen molar-refractivity contribution in [3.8, 4) is 0 Å². The van der Waals surface area contributed by atoms with Crippen LogP contribution in [0, 0.1) is 0 Å². The van der Waals surface area contributed by atoms with Crippen molar-refractivity contribution in [3.63, 3.8) is 0 Å². The van der Waals surface area contributed by atoms with Gasteiger partial charge in [-0.05, 0) is 37.4 Å². The van der Waals surface area contributed by atoms with E-state index in [-0.39, 0.29) is 0 Å². The summed E-state index contributed by atoms with van der Waals surface area (Å²) in [6.45, 7) is 7.88. The van der Waals surface area contributed by atoms with Crippen LogP contribution in [0.25, 0.3) is 0 Å². The molecule has 0 aliphatic rings. The SMILES string of the molecule is CCCCNC(c1ccccc1Cl)P(=O)(OCCCC)OCCCC. The van der Waals surface area contributed by atoms with E-state index < -0.39 is 13.4 Å². The summed E-state index contributed by atoms with van der Waals surface area (Å²) in [4.78, 5) is 0. The standard InChI is InChI=1S/C19H33ClNO3P/c1-4-7-14-21-19(17-12-10-11-13-18(17)20)25(22,23-15-8-5-2)24-16-9-6-3/h10-13,19,21H,4-9,14-16H2,1-3H3. The summed E-state index contributed by atoms with van der Waals surface area (Å²) in [6, 6.07) is 7.48. The Kier molecular flexibility index (Phi) is 11.7. The molecule has 4 nitrogen and oxygen atoms in total. The van der Waals surface area contributed by atoms with Gasteiger partial charge in [0, 0.05) is 5.02 Å². The Bertz CT molecular complexity index is 513. The van der Waals surface area contributed by atoms with Gasteiger partial charge in [-0.2, -0.15) is 0 Å². The van der Waals surface area contributed by atoms with Crippen LogP contribution in [0.5, 0.6) is 0 Å². The van der Waals surface area contributed by atoms with Gasteiger partial charge in [0.05, 0.1) is 13.2 Å². The first-order valence-electron chi connectivity index (χ1n) is 9.45. The van der Waals surface area contributed by atoms with Crippen molar-refractivity contribution in [2.24, 2.45) is 0 Å². The van der Waals surface area contributed by atoms with Crippen LogP contribution in [0.3, 0.4) is 0 Å². The second-order valence-corrected chi connectivity index (χ2v) is 8.66. The summed E-state index contributed by atoms with van der Waals surface area (Å²) in [6.07, 6.45) is 5.71. The summed E-state index contributed by atoms with van der Waals surface area (Å²) in [5.74, 6) is -0.540. The number of rotatable bonds is 14. The van der Waals surface area contributed by atoms with E-state index >= 15 is 0 Å². The Morgan fingerprint density at radius 2 is 1.56 bits per heavy atom. The molecule has 0 aliphatic heterocycles. The number of hydrogen-bond donors (Lipinski definition) is 1. The highest BCUT2D eigenvalue weighted by molar-refractivity contribution is 7.54. The molecule has 1 unspecified atom stereocenters. The molecule has 25 heavy (non-hydrogen) atoms. The minimum absolute atomic E-state index is 0.427. The fourth-order valence-corrected chi connectivity index (χ4v) is 4.74. The van der Waals surface area contributed by atoms with E-state index in [4.69, 9.17) is 20.6 Å². The van der Waals surface area contributed by atoms with Gasteiger partial charge in [-0.15, -0.1) is 0 Å². The van der Waals surface area contributed by atoms with Crippen LogP contribution in [-0.4, -0.2) is 19.8 Å². The average Bonchev–Trinajstić information content (AvgIpc) is 2.60. The highest BCUT2D eigenvalue weighted by Crippen LogP contribution is 2.60. The van der Waals surface area contributed by atoms with Crippen LogP contribution in [0.2, 0.25) is 5.02 Å². The highest BCUT2D eigenvalue weighted by Gasteiger charge is 2.38. The first kappa shape index (κ1) is 22.7. The maximum atomic E-state index is 13.6. The van der Waals surface area contributed by atoms with E-state index in [1.54, 1.807) is 0 Å². The average molecular weight is 390 g/mol. The lowest BCUT2D eigenvalue weighted by atomic mass is 10.2. The fourth-order valence-electron chi connectivity index (χ4n) is 2.36. The van der Waals surface area contributed by atoms with Crippen molar-refractivity contribution < 1.29 is 13.6 Å². The van der Waals surface area contributed by atoms with Crippen LogP contribution in [-0.2, 0) is 13.6 Å². The predicted octanol–water partition coefficient (Wildman–Crippen LogP) is 6.55. The van der Waals surface area contributed by atoms with Gasteiger partial charge in [0.2, 0.25) is 0 Å². The van der Waals surface area contributed by atoms with Crippen LogP contribution < -0.4 is 5.32 Å². The van der Waals surface area contributed by atoms with Crippen LogP contribution >= 0.6 is 19.2 Å². The van der Waals surface area contributed by atoms with Gasteiger partial charge < -0.3 is 9.05 Å². The van der Waals surface area contributed by atoms with Crippen molar-refractivity contribution in [1.29, 1.82) is 0 Å². The fraction of sp³-hybridized carbons (Fsp3) is 0.684. The summed E-state index contributed by atoms with van der Waals surface area (Å²) < 4.78 is 25.3. The van der Waals surface area contributed by atoms with Crippen molar-refractivity contribution in [1.82, 2.24) is 5.32 Å². The molecule has 1 atom stereocenters. The lowest BCUT2D eigenvalue weighted by Gasteiger charge is -2.29. The summed E-state index contributed by atoms with van der Waals surface area (Å²) in [5, 5.41) is 3.95. The van der Waals surface area contributed by atoms with Gasteiger partial charge in [0.15, 0.2) is 0 Å². The summed E-state index contributed by atoms with van der Waals surface area (Å²) in [5.41, 5.74) is 0.775. The van der Waals surface area contributed by atoms with E-state index in [9.17, 15) is 4.57 Å². The molecular formula is C19H33ClNO3P. The van der Waals surface area contributed by atoms with Crippen molar-refractivity contribution in [3.05, 3.63) is 34.9 Å². The third-order valence-corrected chi connectivity index (χ3v) is 6.44. The monoisotopic (exact) mass is 389 g/mol. The second kappa shape index (κ2) is 12.9. The molecule has 0 radical (unpaired) electrons. The molecule has 0 heterocycles. The molecular weight excluding hydrogens is 357 g/mol. The van der Waals surface area contributed by atoms with Crippen molar-refractivity contribution in [2.75, 3.05) is 19.8 Å². The minimum Gasteiger partial charge on any atom is -0.307 e. The normalized spacial score (nSPS) is 13.1. The predicted molar refractivity (Wildman–Crippen MR) is 106 cm³/mol. The third-order valence-electron chi connectivity index (χ3n) is 3.92. The molecule has 1 aromatic carbocycles. The Balaban J connectivity index is 3.07. The Labute approximate surface area is 158 Å². The van der Waals surface area contributed by atoms with Gasteiger partial charge >= 0.3 is 7.60 Å². The molecule has 0 aromatic heterocycles. The summed E-state index contributed by atoms with van der Waals surface area (Å²) >= 11 is 6.39. The first-order valence-corrected chi connectivity index (χ1v) is 11.4. The number of halogens is 1. The molecule has 6 heteroatoms. The molecule has 144 valence electrons. The lowest BCUT2D eigenvalue weighted by Crippen LogP contribution is -2.25. The molecule has 1 aromatic rings. The van der Waals surface area contributed by atoms with Crippen molar-refractivity contribution >= 4 is 19.2 Å². The minimum atomic E-state index is -3.37. The maximum absolute atomic E-state index is 13.6. The maximum Gasteiger partial charge on any atom is 0.352 e. The first-order chi connectivity index (χ1) is 12.1. The lowest BCUT2D eigenvalue weighted by molar-refractivity contribution is 0.188. The molecule has 0 bridgehead atoms. The van der Waals surface area contributed by atoms with E-state index in [0.717, 1.165) is 50.6 Å². The van der Waals surface area contributed by atoms with Gasteiger partial charge in [-0.1, -0.05) is 69.8 Å². The van der Waals surface area contributed by atoms with E-state index in [2.05, 4.69) is 26.1 Å². The Morgan fingerprint density at radius 1 is 1.00 bits per heavy atom. The molecule has 1 N–H and O–H groups in total. The van der Waals surface area contributed by atoms with Gasteiger partial charge in [-0.25, -0.2) is 0 Å². The van der Waals surface area contributed by atoms with Gasteiger partial charge in [-0.3, -0.25) is 9.88 Å². The highest BCUT2D eigenvalue weighted by atomic mass is 35.5. The molecule has 0 aliphatic carbocycles. The van der Waals surface area contributed by atoms with E-state index in [1.807, 2.05) is 24.3 Å². The molecule has 1 rings (SSSR count). The smallest absolute Gasteiger partial charge is 0.307 e. The quantitative estimate of drug-likeness (QED) is 0.289. The van der Waals surface area contributed by atoms with E-state index in [0.29, 0.717) is 18.2 Å². The van der Waals surface area contributed by atoms with Crippen LogP contribution in [0.15, 0.2) is 24.3 Å². The number of nitrogens with one attached hydrogen (secondary N) is 1. The van der Waals surface area contributed by atoms with Crippen molar-refractivity contribution in [2.45, 2.75) is 65.1 Å². The molecule has 0 fully saturated rings. The number of unbranched alkanes of at least 4 members (excludes halogenated alkanes) is 3. The largest absolute Gasteiger partial charge is 0.352 e. The third kappa shape index (κ3) is 7.80. The van der Waals surface area contributed by atoms with Crippen LogP contribution in [0.1, 0.15) is 70.6 Å². The number of benzene rings is 1. The molecule has 0 amide bonds. The van der Waals surface area contributed by atoms with Crippen LogP contribution in [0.4, 0.5) is 0 Å². The zero-order valence-electron chi connectivity index (χ0n) is 15.8. The van der Waals surface area contributed by atoms with Gasteiger partial charge in [0.1, 0.15) is 5.78 Å². The molecule has 0 saturated heterocycles.